The molecule has 0 amide bonds. The predicted octanol–water partition coefficient (Wildman–Crippen LogP) is 7.16. The molecule has 4 heteroatoms. The van der Waals surface area contributed by atoms with E-state index in [1.165, 1.54) is 32.7 Å². The molecule has 0 saturated heterocycles. The Kier molecular flexibility index (Phi) is 4.24. The first-order valence-corrected chi connectivity index (χ1v) is 11.6. The van der Waals surface area contributed by atoms with Crippen molar-refractivity contribution in [2.75, 3.05) is 0 Å². The summed E-state index contributed by atoms with van der Waals surface area (Å²) in [4.78, 5) is 0. The van der Waals surface area contributed by atoms with E-state index in [1.807, 2.05) is 12.3 Å². The van der Waals surface area contributed by atoms with Crippen LogP contribution in [-0.4, -0.2) is 21.1 Å². The van der Waals surface area contributed by atoms with Gasteiger partial charge in [0.05, 0.1) is 29.0 Å². The normalized spacial score (nSPS) is 15.9. The van der Waals surface area contributed by atoms with Gasteiger partial charge in [0.1, 0.15) is 0 Å². The maximum Gasteiger partial charge on any atom is 0.0768 e. The number of benzene rings is 4. The van der Waals surface area contributed by atoms with Crippen LogP contribution < -0.4 is 0 Å². The predicted molar refractivity (Wildman–Crippen MR) is 141 cm³/mol. The minimum atomic E-state index is 0.0841. The van der Waals surface area contributed by atoms with Gasteiger partial charge in [0.25, 0.3) is 0 Å². The largest absolute Gasteiger partial charge is 0.331 e. The maximum absolute atomic E-state index is 4.49. The molecule has 0 spiro atoms. The second kappa shape index (κ2) is 7.56. The van der Waals surface area contributed by atoms with E-state index >= 15 is 0 Å². The van der Waals surface area contributed by atoms with Gasteiger partial charge >= 0.3 is 0 Å². The summed E-state index contributed by atoms with van der Waals surface area (Å²) in [7, 11) is 0. The molecule has 4 nitrogen and oxygen atoms in total. The summed E-state index contributed by atoms with van der Waals surface area (Å²) in [6, 6.07) is 36.4. The number of hydrogen-bond acceptors (Lipinski definition) is 2. The number of aromatic nitrogens is 2. The minimum Gasteiger partial charge on any atom is -0.331 e. The third kappa shape index (κ3) is 2.85. The van der Waals surface area contributed by atoms with Crippen molar-refractivity contribution in [2.45, 2.75) is 12.5 Å². The van der Waals surface area contributed by atoms with Crippen molar-refractivity contribution >= 4 is 44.6 Å². The number of fused-ring (bicyclic) bond motifs is 5. The van der Waals surface area contributed by atoms with Crippen LogP contribution in [0.4, 0.5) is 0 Å². The minimum absolute atomic E-state index is 0.0841. The van der Waals surface area contributed by atoms with Gasteiger partial charge in [-0.3, -0.25) is 0 Å². The summed E-state index contributed by atoms with van der Waals surface area (Å²) >= 11 is 0. The summed E-state index contributed by atoms with van der Waals surface area (Å²) in [6.07, 6.45) is 4.97. The van der Waals surface area contributed by atoms with Crippen molar-refractivity contribution in [3.63, 3.8) is 0 Å². The average Bonchev–Trinajstić information content (AvgIpc) is 3.49. The number of rotatable bonds is 3. The summed E-state index contributed by atoms with van der Waals surface area (Å²) < 4.78 is 4.73. The van der Waals surface area contributed by atoms with Crippen LogP contribution in [0.1, 0.15) is 18.0 Å². The molecule has 4 aromatic carbocycles. The van der Waals surface area contributed by atoms with Gasteiger partial charge in [-0.2, -0.15) is 10.2 Å². The highest BCUT2D eigenvalue weighted by molar-refractivity contribution is 6.18. The molecular formula is C30H22N4. The van der Waals surface area contributed by atoms with E-state index in [-0.39, 0.29) is 6.04 Å². The van der Waals surface area contributed by atoms with Gasteiger partial charge < -0.3 is 9.13 Å². The van der Waals surface area contributed by atoms with Crippen molar-refractivity contribution in [2.24, 2.45) is 10.2 Å². The van der Waals surface area contributed by atoms with E-state index < -0.39 is 0 Å². The number of hydrogen-bond donors (Lipinski definition) is 0. The fourth-order valence-electron chi connectivity index (χ4n) is 5.30. The Hall–Kier alpha value is -4.44. The van der Waals surface area contributed by atoms with E-state index in [9.17, 15) is 0 Å². The third-order valence-electron chi connectivity index (χ3n) is 6.83. The molecule has 1 aliphatic rings. The Morgan fingerprint density at radius 3 is 2.26 bits per heavy atom. The molecule has 0 fully saturated rings. The lowest BCUT2D eigenvalue weighted by Crippen LogP contribution is -2.18. The van der Waals surface area contributed by atoms with Crippen LogP contribution in [0.15, 0.2) is 120 Å². The van der Waals surface area contributed by atoms with E-state index in [2.05, 4.69) is 123 Å². The Morgan fingerprint density at radius 1 is 0.647 bits per heavy atom. The molecule has 0 saturated carbocycles. The molecule has 0 radical (unpaired) electrons. The topological polar surface area (TPSA) is 34.6 Å². The fourth-order valence-corrected chi connectivity index (χ4v) is 5.30. The van der Waals surface area contributed by atoms with Gasteiger partial charge in [0.15, 0.2) is 0 Å². The highest BCUT2D eigenvalue weighted by atomic mass is 15.2. The van der Waals surface area contributed by atoms with Gasteiger partial charge in [-0.1, -0.05) is 72.8 Å². The molecule has 162 valence electrons. The number of nitrogens with zero attached hydrogens (tertiary/aromatic N) is 4. The van der Waals surface area contributed by atoms with Crippen LogP contribution in [-0.2, 0) is 0 Å². The SMILES string of the molecule is C1=NN=C(c2ccccc2)CC1n1c2ccccc2c2ccc3c(ccn3-c3ccccc3)c21. The molecular weight excluding hydrogens is 416 g/mol. The van der Waals surface area contributed by atoms with Crippen LogP contribution in [0, 0.1) is 0 Å². The van der Waals surface area contributed by atoms with Crippen molar-refractivity contribution in [1.82, 2.24) is 9.13 Å². The number of para-hydroxylation sites is 2. The first-order valence-electron chi connectivity index (χ1n) is 11.6. The van der Waals surface area contributed by atoms with Crippen molar-refractivity contribution in [3.05, 3.63) is 115 Å². The molecule has 1 atom stereocenters. The Morgan fingerprint density at radius 2 is 1.41 bits per heavy atom. The third-order valence-corrected chi connectivity index (χ3v) is 6.83. The molecule has 3 heterocycles. The monoisotopic (exact) mass is 438 g/mol. The van der Waals surface area contributed by atoms with Crippen LogP contribution in [0.3, 0.4) is 0 Å². The molecule has 7 rings (SSSR count). The highest BCUT2D eigenvalue weighted by Crippen LogP contribution is 2.38. The molecule has 0 bridgehead atoms. The lowest BCUT2D eigenvalue weighted by Gasteiger charge is -2.21. The lowest BCUT2D eigenvalue weighted by molar-refractivity contribution is 0.707. The molecule has 0 aliphatic carbocycles. The molecule has 6 aromatic rings. The highest BCUT2D eigenvalue weighted by Gasteiger charge is 2.23. The maximum atomic E-state index is 4.49. The smallest absolute Gasteiger partial charge is 0.0768 e. The standard InChI is InChI=1S/C30H22N4/c1-3-9-21(10-4-1)27-19-23(20-31-32-27)34-29-14-8-7-13-24(29)25-15-16-28-26(30(25)34)17-18-33(28)22-11-5-2-6-12-22/h1-18,20,23H,19H2. The van der Waals surface area contributed by atoms with Crippen molar-refractivity contribution < 1.29 is 0 Å². The van der Waals surface area contributed by atoms with Gasteiger partial charge in [0.2, 0.25) is 0 Å². The Bertz CT molecular complexity index is 1720. The molecule has 1 aliphatic heterocycles. The van der Waals surface area contributed by atoms with Crippen molar-refractivity contribution in [1.29, 1.82) is 0 Å². The van der Waals surface area contributed by atoms with Gasteiger partial charge in [-0.15, -0.1) is 0 Å². The van der Waals surface area contributed by atoms with Crippen LogP contribution in [0.2, 0.25) is 0 Å². The zero-order chi connectivity index (χ0) is 22.5. The van der Waals surface area contributed by atoms with Gasteiger partial charge in [-0.05, 0) is 35.9 Å². The second-order valence-corrected chi connectivity index (χ2v) is 8.75. The summed E-state index contributed by atoms with van der Waals surface area (Å²) in [5.41, 5.74) is 6.99. The van der Waals surface area contributed by atoms with Crippen LogP contribution >= 0.6 is 0 Å². The van der Waals surface area contributed by atoms with Crippen LogP contribution in [0.25, 0.3) is 38.4 Å². The zero-order valence-electron chi connectivity index (χ0n) is 18.5. The quantitative estimate of drug-likeness (QED) is 0.281. The first-order chi connectivity index (χ1) is 16.9. The van der Waals surface area contributed by atoms with Gasteiger partial charge in [0, 0.05) is 40.0 Å². The van der Waals surface area contributed by atoms with E-state index in [1.54, 1.807) is 0 Å². The van der Waals surface area contributed by atoms with Crippen LogP contribution in [0.5, 0.6) is 0 Å². The van der Waals surface area contributed by atoms with Crippen molar-refractivity contribution in [3.8, 4) is 5.69 Å². The first kappa shape index (κ1) is 19.1. The summed E-state index contributed by atoms with van der Waals surface area (Å²) in [5.74, 6) is 0. The zero-order valence-corrected chi connectivity index (χ0v) is 18.5. The Balaban J connectivity index is 1.47. The summed E-state index contributed by atoms with van der Waals surface area (Å²) in [6.45, 7) is 0. The van der Waals surface area contributed by atoms with Gasteiger partial charge in [-0.25, -0.2) is 0 Å². The lowest BCUT2D eigenvalue weighted by atomic mass is 10.0. The van der Waals surface area contributed by atoms with E-state index in [0.717, 1.165) is 23.4 Å². The molecule has 2 aromatic heterocycles. The molecule has 0 N–H and O–H groups in total. The molecule has 34 heavy (non-hydrogen) atoms. The summed E-state index contributed by atoms with van der Waals surface area (Å²) in [5, 5.41) is 12.7. The van der Waals surface area contributed by atoms with E-state index in [4.69, 9.17) is 0 Å². The average molecular weight is 439 g/mol. The molecule has 1 unspecified atom stereocenters. The fraction of sp³-hybridized carbons (Fsp3) is 0.0667. The van der Waals surface area contributed by atoms with E-state index in [0.29, 0.717) is 0 Å². The Labute approximate surface area is 197 Å². The second-order valence-electron chi connectivity index (χ2n) is 8.75.